The van der Waals surface area contributed by atoms with E-state index in [9.17, 15) is 9.59 Å². The molecule has 0 fully saturated rings. The van der Waals surface area contributed by atoms with E-state index in [0.29, 0.717) is 35.9 Å². The number of carbonyl (C=O) groups excluding carboxylic acids is 1. The van der Waals surface area contributed by atoms with Crippen LogP contribution in [0.2, 0.25) is 0 Å². The van der Waals surface area contributed by atoms with E-state index in [1.807, 2.05) is 56.4 Å². The minimum atomic E-state index is -0.101. The second kappa shape index (κ2) is 9.49. The number of aromatic nitrogens is 4. The number of benzene rings is 2. The quantitative estimate of drug-likeness (QED) is 0.220. The van der Waals surface area contributed by atoms with Crippen LogP contribution in [0.5, 0.6) is 0 Å². The van der Waals surface area contributed by atoms with Gasteiger partial charge in [0.2, 0.25) is 5.78 Å². The first-order valence-electron chi connectivity index (χ1n) is 10.9. The molecule has 0 saturated carbocycles. The molecule has 0 spiro atoms. The van der Waals surface area contributed by atoms with E-state index >= 15 is 0 Å². The van der Waals surface area contributed by atoms with Crippen molar-refractivity contribution in [3.8, 4) is 0 Å². The summed E-state index contributed by atoms with van der Waals surface area (Å²) in [4.78, 5) is 26.3. The smallest absolute Gasteiger partial charge is 0.262 e. The number of para-hydroxylation sites is 1. The van der Waals surface area contributed by atoms with Crippen molar-refractivity contribution in [1.82, 2.24) is 19.2 Å². The highest BCUT2D eigenvalue weighted by atomic mass is 32.2. The van der Waals surface area contributed by atoms with E-state index in [2.05, 4.69) is 16.3 Å². The summed E-state index contributed by atoms with van der Waals surface area (Å²) in [6.45, 7) is 9.09. The first kappa shape index (κ1) is 23.2. The van der Waals surface area contributed by atoms with Gasteiger partial charge in [0.05, 0.1) is 16.7 Å². The third kappa shape index (κ3) is 4.20. The van der Waals surface area contributed by atoms with E-state index in [0.717, 1.165) is 33.3 Å². The maximum atomic E-state index is 13.2. The monoisotopic (exact) mass is 464 g/mol. The van der Waals surface area contributed by atoms with E-state index in [4.69, 9.17) is 4.74 Å². The second-order valence-electron chi connectivity index (χ2n) is 8.29. The van der Waals surface area contributed by atoms with Crippen LogP contribution < -0.4 is 5.56 Å². The first-order chi connectivity index (χ1) is 15.8. The average Bonchev–Trinajstić information content (AvgIpc) is 3.23. The van der Waals surface area contributed by atoms with Gasteiger partial charge in [-0.05, 0) is 68.5 Å². The van der Waals surface area contributed by atoms with E-state index < -0.39 is 0 Å². The van der Waals surface area contributed by atoms with Gasteiger partial charge in [-0.3, -0.25) is 18.6 Å². The van der Waals surface area contributed by atoms with Crippen molar-refractivity contribution in [2.75, 3.05) is 19.5 Å². The zero-order chi connectivity index (χ0) is 23.7. The standard InChI is InChI=1S/C25H28N4O3S/c1-15-13-16(2)18(4)22(17(15)3)21(30)14-33-25-27-26-24-28(11-8-12-32-5)23(31)19-9-6-7-10-20(19)29(24)25/h6-7,9-10,13H,8,11-12,14H2,1-5H3. The fourth-order valence-electron chi connectivity index (χ4n) is 4.23. The van der Waals surface area contributed by atoms with Gasteiger partial charge in [0.1, 0.15) is 0 Å². The highest BCUT2D eigenvalue weighted by Gasteiger charge is 2.20. The van der Waals surface area contributed by atoms with Crippen LogP contribution in [-0.2, 0) is 11.3 Å². The Morgan fingerprint density at radius 2 is 1.76 bits per heavy atom. The number of Topliss-reactive ketones (excluding diaryl/α,β-unsaturated/α-hetero) is 1. The lowest BCUT2D eigenvalue weighted by atomic mass is 9.92. The number of hydrogen-bond donors (Lipinski definition) is 0. The van der Waals surface area contributed by atoms with Gasteiger partial charge in [0.25, 0.3) is 5.56 Å². The van der Waals surface area contributed by atoms with Crippen molar-refractivity contribution >= 4 is 34.2 Å². The van der Waals surface area contributed by atoms with Crippen LogP contribution in [0, 0.1) is 27.7 Å². The first-order valence-corrected chi connectivity index (χ1v) is 11.9. The molecule has 0 amide bonds. The van der Waals surface area contributed by atoms with Gasteiger partial charge in [-0.2, -0.15) is 0 Å². The van der Waals surface area contributed by atoms with Gasteiger partial charge in [-0.15, -0.1) is 10.2 Å². The predicted octanol–water partition coefficient (Wildman–Crippen LogP) is 4.29. The van der Waals surface area contributed by atoms with Crippen molar-refractivity contribution in [1.29, 1.82) is 0 Å². The highest BCUT2D eigenvalue weighted by Crippen LogP contribution is 2.26. The summed E-state index contributed by atoms with van der Waals surface area (Å²) in [6, 6.07) is 9.55. The second-order valence-corrected chi connectivity index (χ2v) is 9.23. The maximum absolute atomic E-state index is 13.2. The van der Waals surface area contributed by atoms with Crippen molar-refractivity contribution in [2.24, 2.45) is 0 Å². The molecule has 2 aromatic carbocycles. The third-order valence-electron chi connectivity index (χ3n) is 6.19. The van der Waals surface area contributed by atoms with Crippen LogP contribution in [0.15, 0.2) is 40.3 Å². The lowest BCUT2D eigenvalue weighted by Gasteiger charge is -2.14. The number of methoxy groups -OCH3 is 1. The number of thioether (sulfide) groups is 1. The molecular weight excluding hydrogens is 436 g/mol. The minimum Gasteiger partial charge on any atom is -0.385 e. The fraction of sp³-hybridized carbons (Fsp3) is 0.360. The van der Waals surface area contributed by atoms with Gasteiger partial charge < -0.3 is 4.74 Å². The minimum absolute atomic E-state index is 0.0660. The molecule has 0 aliphatic carbocycles. The van der Waals surface area contributed by atoms with Crippen LogP contribution in [0.25, 0.3) is 16.7 Å². The summed E-state index contributed by atoms with van der Waals surface area (Å²) in [5.41, 5.74) is 5.69. The predicted molar refractivity (Wildman–Crippen MR) is 132 cm³/mol. The molecule has 7 nitrogen and oxygen atoms in total. The summed E-state index contributed by atoms with van der Waals surface area (Å²) < 4.78 is 8.67. The molecule has 0 bridgehead atoms. The molecule has 4 aromatic rings. The Labute approximate surface area is 196 Å². The molecule has 0 atom stereocenters. The van der Waals surface area contributed by atoms with Gasteiger partial charge in [0.15, 0.2) is 10.9 Å². The maximum Gasteiger partial charge on any atom is 0.262 e. The summed E-state index contributed by atoms with van der Waals surface area (Å²) in [5.74, 6) is 0.780. The Kier molecular flexibility index (Phi) is 6.67. The lowest BCUT2D eigenvalue weighted by Crippen LogP contribution is -2.24. The topological polar surface area (TPSA) is 78.5 Å². The van der Waals surface area contributed by atoms with Gasteiger partial charge in [0, 0.05) is 25.8 Å². The normalized spacial score (nSPS) is 11.5. The average molecular weight is 465 g/mol. The number of aryl methyl sites for hydroxylation is 3. The molecule has 33 heavy (non-hydrogen) atoms. The molecule has 172 valence electrons. The molecule has 0 unspecified atom stereocenters. The van der Waals surface area contributed by atoms with Gasteiger partial charge in [-0.1, -0.05) is 30.0 Å². The molecule has 4 rings (SSSR count). The molecule has 0 aliphatic heterocycles. The lowest BCUT2D eigenvalue weighted by molar-refractivity contribution is 0.102. The van der Waals surface area contributed by atoms with Gasteiger partial charge in [-0.25, -0.2) is 0 Å². The number of nitrogens with zero attached hydrogens (tertiary/aromatic N) is 4. The Morgan fingerprint density at radius 3 is 2.45 bits per heavy atom. The molecular formula is C25H28N4O3S. The molecule has 2 aromatic heterocycles. The van der Waals surface area contributed by atoms with E-state index in [1.165, 1.54) is 11.8 Å². The summed E-state index contributed by atoms with van der Waals surface area (Å²) in [6.07, 6.45) is 0.684. The Bertz CT molecular complexity index is 1390. The van der Waals surface area contributed by atoms with E-state index in [-0.39, 0.29) is 17.1 Å². The number of ether oxygens (including phenoxy) is 1. The van der Waals surface area contributed by atoms with Crippen molar-refractivity contribution in [3.05, 3.63) is 68.5 Å². The Morgan fingerprint density at radius 1 is 1.06 bits per heavy atom. The molecule has 0 N–H and O–H groups in total. The molecule has 0 saturated heterocycles. The summed E-state index contributed by atoms with van der Waals surface area (Å²) in [7, 11) is 1.64. The largest absolute Gasteiger partial charge is 0.385 e. The number of ketones is 1. The third-order valence-corrected chi connectivity index (χ3v) is 7.11. The van der Waals surface area contributed by atoms with Crippen molar-refractivity contribution < 1.29 is 9.53 Å². The van der Waals surface area contributed by atoms with Crippen LogP contribution in [-0.4, -0.2) is 44.4 Å². The van der Waals surface area contributed by atoms with Crippen LogP contribution in [0.4, 0.5) is 0 Å². The SMILES string of the molecule is COCCCn1c(=O)c2ccccc2n2c(SCC(=O)c3c(C)c(C)cc(C)c3C)nnc12. The Balaban J connectivity index is 1.74. The molecule has 0 radical (unpaired) electrons. The molecule has 0 aliphatic rings. The summed E-state index contributed by atoms with van der Waals surface area (Å²) >= 11 is 1.35. The van der Waals surface area contributed by atoms with Crippen LogP contribution in [0.3, 0.4) is 0 Å². The number of rotatable bonds is 8. The van der Waals surface area contributed by atoms with Crippen molar-refractivity contribution in [2.45, 2.75) is 45.8 Å². The zero-order valence-corrected chi connectivity index (χ0v) is 20.5. The number of carbonyl (C=O) groups is 1. The summed E-state index contributed by atoms with van der Waals surface area (Å²) in [5, 5.41) is 9.87. The van der Waals surface area contributed by atoms with Crippen LogP contribution >= 0.6 is 11.8 Å². The molecule has 8 heteroatoms. The Hall–Kier alpha value is -2.97. The molecule has 2 heterocycles. The van der Waals surface area contributed by atoms with Gasteiger partial charge >= 0.3 is 0 Å². The zero-order valence-electron chi connectivity index (χ0n) is 19.6. The number of fused-ring (bicyclic) bond motifs is 3. The van der Waals surface area contributed by atoms with E-state index in [1.54, 1.807) is 11.7 Å². The fourth-order valence-corrected chi connectivity index (χ4v) is 5.05. The highest BCUT2D eigenvalue weighted by molar-refractivity contribution is 7.99. The van der Waals surface area contributed by atoms with Crippen molar-refractivity contribution in [3.63, 3.8) is 0 Å². The van der Waals surface area contributed by atoms with Crippen LogP contribution in [0.1, 0.15) is 39.0 Å². The number of hydrogen-bond acceptors (Lipinski definition) is 6.